The molecule has 0 aliphatic carbocycles. The molecule has 2 aromatic rings. The molecule has 0 aliphatic heterocycles. The molecular weight excluding hydrogens is 378 g/mol. The number of carbonyl (C=O) groups is 2. The summed E-state index contributed by atoms with van der Waals surface area (Å²) in [6.45, 7) is 14.2. The number of benzene rings is 1. The Morgan fingerprint density at radius 3 is 2.33 bits per heavy atom. The van der Waals surface area contributed by atoms with E-state index in [1.165, 1.54) is 16.5 Å². The van der Waals surface area contributed by atoms with Crippen LogP contribution in [0.2, 0.25) is 0 Å². The molecule has 0 saturated carbocycles. The van der Waals surface area contributed by atoms with Crippen LogP contribution in [-0.4, -0.2) is 46.3 Å². The number of aryl methyl sites for hydroxylation is 2. The quantitative estimate of drug-likeness (QED) is 0.343. The number of amides is 1. The van der Waals surface area contributed by atoms with Crippen LogP contribution in [0.5, 0.6) is 0 Å². The Balaban J connectivity index is 1.99. The fourth-order valence-corrected chi connectivity index (χ4v) is 2.99. The summed E-state index contributed by atoms with van der Waals surface area (Å²) in [7, 11) is 0. The van der Waals surface area contributed by atoms with E-state index in [0.29, 0.717) is 19.6 Å². The van der Waals surface area contributed by atoms with Crippen molar-refractivity contribution in [2.75, 3.05) is 19.7 Å². The third-order valence-corrected chi connectivity index (χ3v) is 4.67. The highest BCUT2D eigenvalue weighted by Gasteiger charge is 2.13. The summed E-state index contributed by atoms with van der Waals surface area (Å²) in [5.74, 6) is -0.875. The maximum absolute atomic E-state index is 12.1. The van der Waals surface area contributed by atoms with E-state index in [2.05, 4.69) is 49.4 Å². The maximum Gasteiger partial charge on any atom is 0.331 e. The van der Waals surface area contributed by atoms with E-state index in [1.54, 1.807) is 18.2 Å². The number of ether oxygens (including phenoxy) is 1. The molecule has 0 aliphatic rings. The van der Waals surface area contributed by atoms with Gasteiger partial charge in [0.15, 0.2) is 6.61 Å². The second-order valence-electron chi connectivity index (χ2n) is 7.04. The summed E-state index contributed by atoms with van der Waals surface area (Å²) in [4.78, 5) is 25.7. The Labute approximate surface area is 178 Å². The number of esters is 1. The number of aromatic nitrogens is 2. The molecule has 0 spiro atoms. The number of carbonyl (C=O) groups excluding carboxylic acids is 2. The van der Waals surface area contributed by atoms with E-state index in [9.17, 15) is 9.59 Å². The van der Waals surface area contributed by atoms with E-state index in [0.717, 1.165) is 22.5 Å². The lowest BCUT2D eigenvalue weighted by molar-refractivity contribution is -0.147. The minimum atomic E-state index is -0.578. The lowest BCUT2D eigenvalue weighted by Gasteiger charge is -2.18. The molecule has 1 amide bonds. The highest BCUT2D eigenvalue weighted by Crippen LogP contribution is 2.17. The van der Waals surface area contributed by atoms with Crippen LogP contribution < -0.4 is 0 Å². The number of hydrogen-bond acceptors (Lipinski definition) is 4. The molecular formula is C24H29N3O3. The first kappa shape index (κ1) is 22.9. The molecule has 30 heavy (non-hydrogen) atoms. The molecule has 158 valence electrons. The zero-order valence-electron chi connectivity index (χ0n) is 17.9. The Bertz CT molecular complexity index is 929. The second kappa shape index (κ2) is 11.0. The van der Waals surface area contributed by atoms with Gasteiger partial charge in [-0.05, 0) is 32.4 Å². The number of nitrogens with zero attached hydrogens (tertiary/aromatic N) is 3. The number of hydrogen-bond donors (Lipinski definition) is 0. The van der Waals surface area contributed by atoms with Crippen molar-refractivity contribution >= 4 is 18.0 Å². The van der Waals surface area contributed by atoms with E-state index in [4.69, 9.17) is 4.74 Å². The van der Waals surface area contributed by atoms with Crippen LogP contribution in [0.3, 0.4) is 0 Å². The maximum atomic E-state index is 12.1. The van der Waals surface area contributed by atoms with Crippen molar-refractivity contribution in [3.8, 4) is 0 Å². The Hall–Kier alpha value is -3.41. The molecule has 0 atom stereocenters. The lowest BCUT2D eigenvalue weighted by Crippen LogP contribution is -2.34. The predicted molar refractivity (Wildman–Crippen MR) is 119 cm³/mol. The van der Waals surface area contributed by atoms with Crippen LogP contribution >= 0.6 is 0 Å². The Kier molecular flexibility index (Phi) is 8.35. The molecule has 2 rings (SSSR count). The van der Waals surface area contributed by atoms with Gasteiger partial charge in [0, 0.05) is 30.4 Å². The first-order chi connectivity index (χ1) is 14.3. The van der Waals surface area contributed by atoms with Crippen molar-refractivity contribution < 1.29 is 14.3 Å². The van der Waals surface area contributed by atoms with E-state index >= 15 is 0 Å². The monoisotopic (exact) mass is 407 g/mol. The van der Waals surface area contributed by atoms with Gasteiger partial charge in [-0.3, -0.25) is 9.48 Å². The van der Waals surface area contributed by atoms with Crippen LogP contribution in [-0.2, 0) is 20.9 Å². The predicted octanol–water partition coefficient (Wildman–Crippen LogP) is 3.61. The van der Waals surface area contributed by atoms with Gasteiger partial charge >= 0.3 is 5.97 Å². The first-order valence-corrected chi connectivity index (χ1v) is 9.79. The van der Waals surface area contributed by atoms with Gasteiger partial charge in [0.05, 0.1) is 12.2 Å². The topological polar surface area (TPSA) is 64.4 Å². The third kappa shape index (κ3) is 6.30. The largest absolute Gasteiger partial charge is 0.452 e. The highest BCUT2D eigenvalue weighted by molar-refractivity contribution is 5.89. The summed E-state index contributed by atoms with van der Waals surface area (Å²) in [5, 5.41) is 4.58. The summed E-state index contributed by atoms with van der Waals surface area (Å²) in [6.07, 6.45) is 6.24. The molecule has 1 aromatic heterocycles. The smallest absolute Gasteiger partial charge is 0.331 e. The summed E-state index contributed by atoms with van der Waals surface area (Å²) in [6, 6.07) is 8.31. The van der Waals surface area contributed by atoms with E-state index in [-0.39, 0.29) is 12.5 Å². The van der Waals surface area contributed by atoms with Gasteiger partial charge in [-0.15, -0.1) is 13.2 Å². The van der Waals surface area contributed by atoms with Crippen molar-refractivity contribution in [2.45, 2.75) is 27.3 Å². The molecule has 1 aromatic carbocycles. The van der Waals surface area contributed by atoms with Gasteiger partial charge in [-0.1, -0.05) is 42.0 Å². The van der Waals surface area contributed by atoms with Crippen molar-refractivity contribution in [3.63, 3.8) is 0 Å². The highest BCUT2D eigenvalue weighted by atomic mass is 16.5. The van der Waals surface area contributed by atoms with Crippen LogP contribution in [0, 0.1) is 20.8 Å². The normalized spacial score (nSPS) is 10.8. The molecule has 0 saturated heterocycles. The lowest BCUT2D eigenvalue weighted by atomic mass is 10.1. The van der Waals surface area contributed by atoms with Crippen LogP contribution in [0.15, 0.2) is 55.7 Å². The fourth-order valence-electron chi connectivity index (χ4n) is 2.99. The minimum absolute atomic E-state index is 0.296. The molecule has 0 fully saturated rings. The van der Waals surface area contributed by atoms with Crippen LogP contribution in [0.25, 0.3) is 6.08 Å². The SMILES string of the molecule is C=CCN(CC=C)C(=O)COC(=O)/C=C/c1c(C)nn(Cc2ccc(C)cc2)c1C. The van der Waals surface area contributed by atoms with E-state index in [1.807, 2.05) is 18.5 Å². The van der Waals surface area contributed by atoms with Gasteiger partial charge in [-0.2, -0.15) is 5.10 Å². The van der Waals surface area contributed by atoms with Crippen LogP contribution in [0.1, 0.15) is 28.1 Å². The summed E-state index contributed by atoms with van der Waals surface area (Å²) >= 11 is 0. The molecule has 0 unspecified atom stereocenters. The standard InChI is InChI=1S/C24H29N3O3/c1-6-14-26(15-7-2)23(28)17-30-24(29)13-12-22-19(4)25-27(20(22)5)16-21-10-8-18(3)9-11-21/h6-13H,1-2,14-17H2,3-5H3/b13-12+. The number of rotatable bonds is 10. The average Bonchev–Trinajstić information content (AvgIpc) is 2.98. The Morgan fingerprint density at radius 1 is 1.10 bits per heavy atom. The zero-order valence-corrected chi connectivity index (χ0v) is 17.9. The fraction of sp³-hybridized carbons (Fsp3) is 0.292. The Morgan fingerprint density at radius 2 is 1.73 bits per heavy atom. The second-order valence-corrected chi connectivity index (χ2v) is 7.04. The molecule has 6 heteroatoms. The molecule has 6 nitrogen and oxygen atoms in total. The molecule has 0 N–H and O–H groups in total. The zero-order chi connectivity index (χ0) is 22.1. The van der Waals surface area contributed by atoms with Crippen molar-refractivity contribution in [1.82, 2.24) is 14.7 Å². The third-order valence-electron chi connectivity index (χ3n) is 4.67. The van der Waals surface area contributed by atoms with Crippen molar-refractivity contribution in [3.05, 3.63) is 83.7 Å². The molecule has 0 radical (unpaired) electrons. The van der Waals surface area contributed by atoms with Gasteiger partial charge in [0.25, 0.3) is 5.91 Å². The molecule has 0 bridgehead atoms. The summed E-state index contributed by atoms with van der Waals surface area (Å²) < 4.78 is 6.99. The van der Waals surface area contributed by atoms with Gasteiger partial charge in [-0.25, -0.2) is 4.79 Å². The van der Waals surface area contributed by atoms with Gasteiger partial charge < -0.3 is 9.64 Å². The van der Waals surface area contributed by atoms with Crippen LogP contribution in [0.4, 0.5) is 0 Å². The average molecular weight is 408 g/mol. The minimum Gasteiger partial charge on any atom is -0.452 e. The van der Waals surface area contributed by atoms with Crippen molar-refractivity contribution in [2.24, 2.45) is 0 Å². The molecule has 1 heterocycles. The summed E-state index contributed by atoms with van der Waals surface area (Å²) in [5.41, 5.74) is 5.01. The van der Waals surface area contributed by atoms with E-state index < -0.39 is 5.97 Å². The first-order valence-electron chi connectivity index (χ1n) is 9.79. The van der Waals surface area contributed by atoms with Gasteiger partial charge in [0.1, 0.15) is 0 Å². The van der Waals surface area contributed by atoms with Crippen molar-refractivity contribution in [1.29, 1.82) is 0 Å². The van der Waals surface area contributed by atoms with Gasteiger partial charge in [0.2, 0.25) is 0 Å².